The van der Waals surface area contributed by atoms with Crippen LogP contribution in [0.4, 0.5) is 0 Å². The van der Waals surface area contributed by atoms with Gasteiger partial charge in [-0.25, -0.2) is 4.98 Å². The standard InChI is InChI=1S/C15H18N2OS2/c1-4-19-15-16-13-12(10-6-5-7-11(10)20-13)14(18)17(15)8-9(2)3/h2,4-8H2,1,3H3. The number of rotatable bonds is 4. The van der Waals surface area contributed by atoms with Gasteiger partial charge in [0.15, 0.2) is 5.16 Å². The van der Waals surface area contributed by atoms with Gasteiger partial charge in [0, 0.05) is 11.4 Å². The zero-order chi connectivity index (χ0) is 14.3. The van der Waals surface area contributed by atoms with Crippen molar-refractivity contribution < 1.29 is 0 Å². The molecule has 0 aromatic carbocycles. The summed E-state index contributed by atoms with van der Waals surface area (Å²) in [5.74, 6) is 0.916. The van der Waals surface area contributed by atoms with Crippen molar-refractivity contribution in [1.82, 2.24) is 9.55 Å². The minimum atomic E-state index is 0.119. The van der Waals surface area contributed by atoms with E-state index in [0.717, 1.165) is 39.5 Å². The first kappa shape index (κ1) is 13.9. The highest BCUT2D eigenvalue weighted by atomic mass is 32.2. The number of hydrogen-bond acceptors (Lipinski definition) is 4. The van der Waals surface area contributed by atoms with Gasteiger partial charge in [0.25, 0.3) is 5.56 Å². The third-order valence-corrected chi connectivity index (χ3v) is 5.54. The minimum absolute atomic E-state index is 0.119. The summed E-state index contributed by atoms with van der Waals surface area (Å²) in [4.78, 5) is 19.9. The van der Waals surface area contributed by atoms with Crippen LogP contribution in [0.15, 0.2) is 22.1 Å². The summed E-state index contributed by atoms with van der Waals surface area (Å²) in [5, 5.41) is 1.69. The zero-order valence-corrected chi connectivity index (χ0v) is 13.5. The maximum Gasteiger partial charge on any atom is 0.263 e. The lowest BCUT2D eigenvalue weighted by atomic mass is 10.2. The van der Waals surface area contributed by atoms with Gasteiger partial charge in [0.2, 0.25) is 0 Å². The number of allylic oxidation sites excluding steroid dienone is 1. The van der Waals surface area contributed by atoms with Gasteiger partial charge in [0.05, 0.1) is 5.39 Å². The Kier molecular flexibility index (Phi) is 3.73. The highest BCUT2D eigenvalue weighted by molar-refractivity contribution is 7.99. The van der Waals surface area contributed by atoms with Crippen LogP contribution in [0.1, 0.15) is 30.7 Å². The van der Waals surface area contributed by atoms with Crippen molar-refractivity contribution in [2.75, 3.05) is 5.75 Å². The first-order valence-corrected chi connectivity index (χ1v) is 8.74. The summed E-state index contributed by atoms with van der Waals surface area (Å²) in [6.07, 6.45) is 3.30. The summed E-state index contributed by atoms with van der Waals surface area (Å²) < 4.78 is 1.80. The Morgan fingerprint density at radius 3 is 3.00 bits per heavy atom. The molecule has 1 aliphatic carbocycles. The Morgan fingerprint density at radius 2 is 2.30 bits per heavy atom. The first-order valence-electron chi connectivity index (χ1n) is 6.94. The molecule has 5 heteroatoms. The minimum Gasteiger partial charge on any atom is -0.283 e. The van der Waals surface area contributed by atoms with Gasteiger partial charge < -0.3 is 0 Å². The Morgan fingerprint density at radius 1 is 1.50 bits per heavy atom. The highest BCUT2D eigenvalue weighted by Gasteiger charge is 2.23. The fraction of sp³-hybridized carbons (Fsp3) is 0.467. The topological polar surface area (TPSA) is 34.9 Å². The third-order valence-electron chi connectivity index (χ3n) is 3.49. The van der Waals surface area contributed by atoms with Crippen LogP contribution in [0.2, 0.25) is 0 Å². The van der Waals surface area contributed by atoms with Crippen LogP contribution < -0.4 is 5.56 Å². The van der Waals surface area contributed by atoms with E-state index in [2.05, 4.69) is 13.5 Å². The monoisotopic (exact) mass is 306 g/mol. The SMILES string of the molecule is C=C(C)Cn1c(SCC)nc2sc3c(c2c1=O)CCC3. The molecule has 20 heavy (non-hydrogen) atoms. The third kappa shape index (κ3) is 2.23. The lowest BCUT2D eigenvalue weighted by Crippen LogP contribution is -2.24. The molecule has 0 radical (unpaired) electrons. The van der Waals surface area contributed by atoms with E-state index in [0.29, 0.717) is 6.54 Å². The molecule has 0 atom stereocenters. The van der Waals surface area contributed by atoms with Gasteiger partial charge in [-0.15, -0.1) is 11.3 Å². The molecule has 3 nitrogen and oxygen atoms in total. The molecule has 106 valence electrons. The van der Waals surface area contributed by atoms with E-state index in [-0.39, 0.29) is 5.56 Å². The maximum atomic E-state index is 12.9. The van der Waals surface area contributed by atoms with Crippen LogP contribution in [0.5, 0.6) is 0 Å². The summed E-state index contributed by atoms with van der Waals surface area (Å²) in [6, 6.07) is 0. The normalized spacial score (nSPS) is 13.9. The Labute approximate surface area is 126 Å². The molecular formula is C15H18N2OS2. The van der Waals surface area contributed by atoms with E-state index in [1.807, 2.05) is 6.92 Å². The molecule has 0 fully saturated rings. The fourth-order valence-electron chi connectivity index (χ4n) is 2.71. The predicted octanol–water partition coefficient (Wildman–Crippen LogP) is 3.63. The van der Waals surface area contributed by atoms with E-state index in [4.69, 9.17) is 4.98 Å². The average molecular weight is 306 g/mol. The van der Waals surface area contributed by atoms with Crippen LogP contribution in [0, 0.1) is 0 Å². The predicted molar refractivity (Wildman–Crippen MR) is 87.1 cm³/mol. The van der Waals surface area contributed by atoms with Crippen LogP contribution in [-0.4, -0.2) is 15.3 Å². The molecule has 0 saturated heterocycles. The van der Waals surface area contributed by atoms with Crippen LogP contribution in [0.3, 0.4) is 0 Å². The molecule has 2 aromatic rings. The van der Waals surface area contributed by atoms with Crippen molar-refractivity contribution >= 4 is 33.3 Å². The van der Waals surface area contributed by atoms with Gasteiger partial charge in [-0.3, -0.25) is 9.36 Å². The van der Waals surface area contributed by atoms with E-state index in [9.17, 15) is 4.79 Å². The van der Waals surface area contributed by atoms with Gasteiger partial charge in [0.1, 0.15) is 4.83 Å². The van der Waals surface area contributed by atoms with E-state index >= 15 is 0 Å². The lowest BCUT2D eigenvalue weighted by Gasteiger charge is -2.11. The molecule has 3 rings (SSSR count). The molecule has 2 heterocycles. The highest BCUT2D eigenvalue weighted by Crippen LogP contribution is 2.35. The van der Waals surface area contributed by atoms with Gasteiger partial charge >= 0.3 is 0 Å². The van der Waals surface area contributed by atoms with Crippen molar-refractivity contribution in [2.24, 2.45) is 0 Å². The molecule has 0 bridgehead atoms. The quantitative estimate of drug-likeness (QED) is 0.491. The molecule has 0 amide bonds. The van der Waals surface area contributed by atoms with E-state index < -0.39 is 0 Å². The van der Waals surface area contributed by atoms with Crippen molar-refractivity contribution in [3.8, 4) is 0 Å². The summed E-state index contributed by atoms with van der Waals surface area (Å²) >= 11 is 3.34. The molecule has 0 aliphatic heterocycles. The Balaban J connectivity index is 2.27. The van der Waals surface area contributed by atoms with Crippen LogP contribution in [0.25, 0.3) is 10.2 Å². The largest absolute Gasteiger partial charge is 0.283 e. The van der Waals surface area contributed by atoms with Gasteiger partial charge in [-0.05, 0) is 37.5 Å². The second-order valence-electron chi connectivity index (χ2n) is 5.21. The van der Waals surface area contributed by atoms with Crippen LogP contribution in [-0.2, 0) is 19.4 Å². The number of thiophene rings is 1. The van der Waals surface area contributed by atoms with Gasteiger partial charge in [-0.2, -0.15) is 0 Å². The summed E-state index contributed by atoms with van der Waals surface area (Å²) in [7, 11) is 0. The van der Waals surface area contributed by atoms with Crippen LogP contribution >= 0.6 is 23.1 Å². The summed E-state index contributed by atoms with van der Waals surface area (Å²) in [6.45, 7) is 8.54. The summed E-state index contributed by atoms with van der Waals surface area (Å²) in [5.41, 5.74) is 2.36. The smallest absolute Gasteiger partial charge is 0.263 e. The van der Waals surface area contributed by atoms with Crippen molar-refractivity contribution in [3.63, 3.8) is 0 Å². The van der Waals surface area contributed by atoms with Gasteiger partial charge in [-0.1, -0.05) is 30.8 Å². The number of fused-ring (bicyclic) bond motifs is 3. The molecule has 0 unspecified atom stereocenters. The van der Waals surface area contributed by atoms with Crippen molar-refractivity contribution in [1.29, 1.82) is 0 Å². The zero-order valence-electron chi connectivity index (χ0n) is 11.9. The fourth-order valence-corrected chi connectivity index (χ4v) is 4.73. The van der Waals surface area contributed by atoms with E-state index in [1.165, 1.54) is 16.9 Å². The molecule has 0 N–H and O–H groups in total. The number of hydrogen-bond donors (Lipinski definition) is 0. The maximum absolute atomic E-state index is 12.9. The molecule has 0 saturated carbocycles. The first-order chi connectivity index (χ1) is 9.61. The molecule has 1 aliphatic rings. The second-order valence-corrected chi connectivity index (χ2v) is 7.53. The van der Waals surface area contributed by atoms with Crippen molar-refractivity contribution in [2.45, 2.75) is 44.8 Å². The molecular weight excluding hydrogens is 288 g/mol. The number of aromatic nitrogens is 2. The number of thioether (sulfide) groups is 1. The Hall–Kier alpha value is -1.07. The lowest BCUT2D eigenvalue weighted by molar-refractivity contribution is 0.652. The van der Waals surface area contributed by atoms with Crippen molar-refractivity contribution in [3.05, 3.63) is 32.9 Å². The second kappa shape index (κ2) is 5.37. The van der Waals surface area contributed by atoms with E-state index in [1.54, 1.807) is 27.7 Å². The molecule has 2 aromatic heterocycles. The average Bonchev–Trinajstić information content (AvgIpc) is 2.93. The Bertz CT molecular complexity index is 742. The molecule has 0 spiro atoms. The number of nitrogens with zero attached hydrogens (tertiary/aromatic N) is 2. The number of aryl methyl sites for hydroxylation is 2.